The molecule has 0 bridgehead atoms. The summed E-state index contributed by atoms with van der Waals surface area (Å²) in [5.41, 5.74) is 0.809. The van der Waals surface area contributed by atoms with Crippen molar-refractivity contribution in [1.29, 1.82) is 0 Å². The van der Waals surface area contributed by atoms with Crippen LogP contribution in [0.25, 0.3) is 0 Å². The predicted octanol–water partition coefficient (Wildman–Crippen LogP) is 3.66. The van der Waals surface area contributed by atoms with E-state index in [1.807, 2.05) is 0 Å². The second kappa shape index (κ2) is 5.37. The van der Waals surface area contributed by atoms with Crippen LogP contribution in [0.4, 0.5) is 0 Å². The fraction of sp³-hybridized carbons (Fsp3) is 1.00. The van der Waals surface area contributed by atoms with Crippen LogP contribution in [0.5, 0.6) is 0 Å². The number of nitrogens with zero attached hydrogens (tertiary/aromatic N) is 1. The van der Waals surface area contributed by atoms with Crippen LogP contribution in [0, 0.1) is 11.3 Å². The minimum absolute atomic E-state index is 0.310. The second-order valence-electron chi connectivity index (χ2n) is 8.18. The molecule has 0 radical (unpaired) electrons. The van der Waals surface area contributed by atoms with E-state index in [9.17, 15) is 0 Å². The summed E-state index contributed by atoms with van der Waals surface area (Å²) in [6.07, 6.45) is 5.43. The van der Waals surface area contributed by atoms with E-state index in [0.717, 1.165) is 18.5 Å². The Kier molecular flexibility index (Phi) is 4.32. The first-order valence-corrected chi connectivity index (χ1v) is 8.30. The Morgan fingerprint density at radius 1 is 1.26 bits per heavy atom. The molecular formula is C17H34N2. The van der Waals surface area contributed by atoms with Crippen LogP contribution in [-0.4, -0.2) is 35.6 Å². The fourth-order valence-corrected chi connectivity index (χ4v) is 4.16. The van der Waals surface area contributed by atoms with Crippen molar-refractivity contribution in [2.45, 2.75) is 84.8 Å². The zero-order chi connectivity index (χ0) is 14.3. The van der Waals surface area contributed by atoms with Crippen molar-refractivity contribution >= 4 is 0 Å². The molecule has 0 aromatic heterocycles. The van der Waals surface area contributed by atoms with Gasteiger partial charge in [0.25, 0.3) is 0 Å². The third-order valence-corrected chi connectivity index (χ3v) is 5.85. The SMILES string of the molecule is CCC1(C)CN(C2CCCC2(C)C)C(C(C)C)CN1. The molecule has 1 aliphatic carbocycles. The van der Waals surface area contributed by atoms with Gasteiger partial charge in [-0.3, -0.25) is 4.90 Å². The van der Waals surface area contributed by atoms with Crippen LogP contribution < -0.4 is 5.32 Å². The Morgan fingerprint density at radius 2 is 1.95 bits per heavy atom. The van der Waals surface area contributed by atoms with Gasteiger partial charge in [-0.1, -0.05) is 41.0 Å². The molecule has 112 valence electrons. The third kappa shape index (κ3) is 3.00. The van der Waals surface area contributed by atoms with Gasteiger partial charge in [0, 0.05) is 30.7 Å². The highest BCUT2D eigenvalue weighted by Gasteiger charge is 2.45. The summed E-state index contributed by atoms with van der Waals surface area (Å²) < 4.78 is 0. The van der Waals surface area contributed by atoms with E-state index in [0.29, 0.717) is 17.0 Å². The van der Waals surface area contributed by atoms with E-state index in [2.05, 4.69) is 51.8 Å². The van der Waals surface area contributed by atoms with E-state index >= 15 is 0 Å². The molecule has 3 atom stereocenters. The number of piperazine rings is 1. The van der Waals surface area contributed by atoms with Gasteiger partial charge in [0.2, 0.25) is 0 Å². The van der Waals surface area contributed by atoms with E-state index in [1.54, 1.807) is 0 Å². The van der Waals surface area contributed by atoms with Gasteiger partial charge in [-0.2, -0.15) is 0 Å². The number of nitrogens with one attached hydrogen (secondary N) is 1. The standard InChI is InChI=1S/C17H34N2/c1-7-17(6)12-19(14(11-18-17)13(2)3)15-9-8-10-16(15,4)5/h13-15,18H,7-12H2,1-6H3. The first-order valence-electron chi connectivity index (χ1n) is 8.30. The highest BCUT2D eigenvalue weighted by molar-refractivity contribution is 5.02. The van der Waals surface area contributed by atoms with Crippen LogP contribution in [-0.2, 0) is 0 Å². The lowest BCUT2D eigenvalue weighted by Crippen LogP contribution is -2.67. The molecule has 2 aliphatic rings. The van der Waals surface area contributed by atoms with Gasteiger partial charge in [-0.25, -0.2) is 0 Å². The molecule has 1 aliphatic heterocycles. The minimum atomic E-state index is 0.310. The maximum Gasteiger partial charge on any atom is 0.0278 e. The van der Waals surface area contributed by atoms with Gasteiger partial charge in [-0.15, -0.1) is 0 Å². The zero-order valence-electron chi connectivity index (χ0n) is 13.9. The topological polar surface area (TPSA) is 15.3 Å². The molecule has 1 N–H and O–H groups in total. The maximum absolute atomic E-state index is 3.82. The Labute approximate surface area is 120 Å². The van der Waals surface area contributed by atoms with Crippen LogP contribution in [0.1, 0.15) is 67.2 Å². The van der Waals surface area contributed by atoms with Crippen LogP contribution in [0.15, 0.2) is 0 Å². The summed E-state index contributed by atoms with van der Waals surface area (Å²) in [7, 11) is 0. The fourth-order valence-electron chi connectivity index (χ4n) is 4.16. The van der Waals surface area contributed by atoms with E-state index in [4.69, 9.17) is 0 Å². The van der Waals surface area contributed by atoms with Crippen molar-refractivity contribution in [1.82, 2.24) is 10.2 Å². The Bertz CT molecular complexity index is 310. The molecule has 2 heteroatoms. The first kappa shape index (κ1) is 15.3. The highest BCUT2D eigenvalue weighted by Crippen LogP contribution is 2.43. The molecule has 2 nitrogen and oxygen atoms in total. The van der Waals surface area contributed by atoms with Crippen molar-refractivity contribution in [3.63, 3.8) is 0 Å². The average Bonchev–Trinajstić information content (AvgIpc) is 2.68. The van der Waals surface area contributed by atoms with Crippen molar-refractivity contribution in [3.05, 3.63) is 0 Å². The third-order valence-electron chi connectivity index (χ3n) is 5.85. The van der Waals surface area contributed by atoms with E-state index < -0.39 is 0 Å². The van der Waals surface area contributed by atoms with Gasteiger partial charge in [0.1, 0.15) is 0 Å². The lowest BCUT2D eigenvalue weighted by atomic mass is 9.81. The molecule has 0 amide bonds. The van der Waals surface area contributed by atoms with Gasteiger partial charge in [-0.05, 0) is 37.5 Å². The molecule has 2 rings (SSSR count). The normalized spacial score (nSPS) is 39.9. The molecule has 0 aromatic carbocycles. The quantitative estimate of drug-likeness (QED) is 0.838. The molecular weight excluding hydrogens is 232 g/mol. The van der Waals surface area contributed by atoms with Crippen LogP contribution in [0.2, 0.25) is 0 Å². The summed E-state index contributed by atoms with van der Waals surface area (Å²) in [6, 6.07) is 1.50. The Morgan fingerprint density at radius 3 is 2.42 bits per heavy atom. The molecule has 0 aromatic rings. The second-order valence-corrected chi connectivity index (χ2v) is 8.18. The van der Waals surface area contributed by atoms with Crippen LogP contribution in [0.3, 0.4) is 0 Å². The number of hydrogen-bond donors (Lipinski definition) is 1. The summed E-state index contributed by atoms with van der Waals surface area (Å²) in [5, 5.41) is 3.82. The molecule has 1 saturated carbocycles. The maximum atomic E-state index is 3.82. The van der Waals surface area contributed by atoms with Crippen molar-refractivity contribution < 1.29 is 0 Å². The van der Waals surface area contributed by atoms with Crippen LogP contribution >= 0.6 is 0 Å². The Balaban J connectivity index is 2.21. The Hall–Kier alpha value is -0.0800. The highest BCUT2D eigenvalue weighted by atomic mass is 15.3. The average molecular weight is 266 g/mol. The smallest absolute Gasteiger partial charge is 0.0278 e. The monoisotopic (exact) mass is 266 g/mol. The van der Waals surface area contributed by atoms with Gasteiger partial charge in [0.05, 0.1) is 0 Å². The summed E-state index contributed by atoms with van der Waals surface area (Å²) in [6.45, 7) is 16.8. The number of hydrogen-bond acceptors (Lipinski definition) is 2. The number of rotatable bonds is 3. The molecule has 0 spiro atoms. The summed E-state index contributed by atoms with van der Waals surface area (Å²) in [4.78, 5) is 2.87. The molecule has 1 heterocycles. The van der Waals surface area contributed by atoms with Gasteiger partial charge < -0.3 is 5.32 Å². The van der Waals surface area contributed by atoms with E-state index in [1.165, 1.54) is 32.2 Å². The summed E-state index contributed by atoms with van der Waals surface area (Å²) >= 11 is 0. The van der Waals surface area contributed by atoms with Gasteiger partial charge >= 0.3 is 0 Å². The van der Waals surface area contributed by atoms with Gasteiger partial charge in [0.15, 0.2) is 0 Å². The van der Waals surface area contributed by atoms with Crippen molar-refractivity contribution in [3.8, 4) is 0 Å². The minimum Gasteiger partial charge on any atom is -0.309 e. The molecule has 1 saturated heterocycles. The van der Waals surface area contributed by atoms with Crippen molar-refractivity contribution in [2.75, 3.05) is 13.1 Å². The zero-order valence-corrected chi connectivity index (χ0v) is 13.9. The molecule has 3 unspecified atom stereocenters. The lowest BCUT2D eigenvalue weighted by Gasteiger charge is -2.52. The molecule has 19 heavy (non-hydrogen) atoms. The summed E-state index contributed by atoms with van der Waals surface area (Å²) in [5.74, 6) is 0.741. The largest absolute Gasteiger partial charge is 0.309 e. The lowest BCUT2D eigenvalue weighted by molar-refractivity contribution is -0.00740. The van der Waals surface area contributed by atoms with E-state index in [-0.39, 0.29) is 0 Å². The first-order chi connectivity index (χ1) is 8.79. The molecule has 2 fully saturated rings. The van der Waals surface area contributed by atoms with Crippen molar-refractivity contribution in [2.24, 2.45) is 11.3 Å². The predicted molar refractivity (Wildman–Crippen MR) is 83.5 cm³/mol.